The number of esters is 2. The van der Waals surface area contributed by atoms with Crippen molar-refractivity contribution in [3.8, 4) is 0 Å². The second kappa shape index (κ2) is 6.12. The number of hydrogen-bond acceptors (Lipinski definition) is 5. The molecule has 80 valence electrons. The first kappa shape index (κ1) is 12.6. The minimum absolute atomic E-state index is 0.00176. The van der Waals surface area contributed by atoms with Crippen LogP contribution in [0.4, 0.5) is 0 Å². The highest BCUT2D eigenvalue weighted by Crippen LogP contribution is 2.12. The van der Waals surface area contributed by atoms with Gasteiger partial charge in [0.15, 0.2) is 0 Å². The van der Waals surface area contributed by atoms with Crippen molar-refractivity contribution in [1.82, 2.24) is 0 Å². The van der Waals surface area contributed by atoms with Gasteiger partial charge in [-0.2, -0.15) is 0 Å². The average molecular weight is 202 g/mol. The SMILES string of the molecule is COC(=O)CC(CC(C)=O)C(=O)OC. The van der Waals surface area contributed by atoms with E-state index in [-0.39, 0.29) is 18.6 Å². The van der Waals surface area contributed by atoms with Gasteiger partial charge in [-0.15, -0.1) is 0 Å². The molecule has 0 aromatic carbocycles. The van der Waals surface area contributed by atoms with Gasteiger partial charge < -0.3 is 14.3 Å². The molecule has 5 nitrogen and oxygen atoms in total. The van der Waals surface area contributed by atoms with Gasteiger partial charge in [-0.1, -0.05) is 0 Å². The number of carbonyl (C=O) groups excluding carboxylic acids is 3. The third kappa shape index (κ3) is 4.59. The highest BCUT2D eigenvalue weighted by atomic mass is 16.5. The van der Waals surface area contributed by atoms with E-state index >= 15 is 0 Å². The number of Topliss-reactive ketones (excluding diaryl/α,β-unsaturated/α-hetero) is 1. The van der Waals surface area contributed by atoms with E-state index in [0.717, 1.165) is 0 Å². The van der Waals surface area contributed by atoms with Gasteiger partial charge in [-0.3, -0.25) is 9.59 Å². The first-order chi connectivity index (χ1) is 6.51. The molecule has 0 saturated carbocycles. The Morgan fingerprint density at radius 2 is 1.64 bits per heavy atom. The van der Waals surface area contributed by atoms with Gasteiger partial charge in [0.05, 0.1) is 26.6 Å². The minimum atomic E-state index is -0.732. The Morgan fingerprint density at radius 3 is 2.00 bits per heavy atom. The Balaban J connectivity index is 4.31. The summed E-state index contributed by atoms with van der Waals surface area (Å²) >= 11 is 0. The van der Waals surface area contributed by atoms with E-state index in [2.05, 4.69) is 9.47 Å². The lowest BCUT2D eigenvalue weighted by atomic mass is 9.99. The molecular weight excluding hydrogens is 188 g/mol. The van der Waals surface area contributed by atoms with E-state index in [4.69, 9.17) is 0 Å². The summed E-state index contributed by atoms with van der Waals surface area (Å²) in [5.41, 5.74) is 0. The van der Waals surface area contributed by atoms with Crippen LogP contribution in [0.25, 0.3) is 0 Å². The lowest BCUT2D eigenvalue weighted by Crippen LogP contribution is -2.22. The Labute approximate surface area is 82.4 Å². The van der Waals surface area contributed by atoms with E-state index < -0.39 is 17.9 Å². The van der Waals surface area contributed by atoms with Gasteiger partial charge in [-0.05, 0) is 6.92 Å². The third-order valence-electron chi connectivity index (χ3n) is 1.71. The molecule has 0 bridgehead atoms. The van der Waals surface area contributed by atoms with Crippen molar-refractivity contribution in [2.24, 2.45) is 5.92 Å². The van der Waals surface area contributed by atoms with Gasteiger partial charge >= 0.3 is 11.9 Å². The first-order valence-electron chi connectivity index (χ1n) is 4.15. The molecule has 0 saturated heterocycles. The summed E-state index contributed by atoms with van der Waals surface area (Å²) in [4.78, 5) is 32.8. The fraction of sp³-hybridized carbons (Fsp3) is 0.667. The van der Waals surface area contributed by atoms with Crippen LogP contribution < -0.4 is 0 Å². The maximum atomic E-state index is 11.1. The molecule has 0 aromatic heterocycles. The van der Waals surface area contributed by atoms with Crippen LogP contribution in [0.1, 0.15) is 19.8 Å². The van der Waals surface area contributed by atoms with E-state index in [1.807, 2.05) is 0 Å². The summed E-state index contributed by atoms with van der Waals surface area (Å²) in [5.74, 6) is -1.98. The van der Waals surface area contributed by atoms with Crippen molar-refractivity contribution in [3.05, 3.63) is 0 Å². The highest BCUT2D eigenvalue weighted by molar-refractivity contribution is 5.86. The molecule has 1 atom stereocenters. The number of carbonyl (C=O) groups is 3. The molecular formula is C9H14O5. The monoisotopic (exact) mass is 202 g/mol. The maximum absolute atomic E-state index is 11.1. The Hall–Kier alpha value is -1.39. The van der Waals surface area contributed by atoms with E-state index in [1.54, 1.807) is 0 Å². The summed E-state index contributed by atoms with van der Waals surface area (Å²) in [5, 5.41) is 0. The zero-order chi connectivity index (χ0) is 11.1. The second-order valence-electron chi connectivity index (χ2n) is 2.91. The lowest BCUT2D eigenvalue weighted by Gasteiger charge is -2.10. The molecule has 0 radical (unpaired) electrons. The van der Waals surface area contributed by atoms with Crippen molar-refractivity contribution in [2.75, 3.05) is 14.2 Å². The highest BCUT2D eigenvalue weighted by Gasteiger charge is 2.24. The first-order valence-corrected chi connectivity index (χ1v) is 4.15. The third-order valence-corrected chi connectivity index (χ3v) is 1.71. The lowest BCUT2D eigenvalue weighted by molar-refractivity contribution is -0.153. The summed E-state index contributed by atoms with van der Waals surface area (Å²) in [6.07, 6.45) is -0.121. The molecule has 0 fully saturated rings. The normalized spacial score (nSPS) is 11.6. The Bertz CT molecular complexity index is 233. The molecule has 0 aromatic rings. The average Bonchev–Trinajstić information content (AvgIpc) is 2.14. The van der Waals surface area contributed by atoms with Crippen LogP contribution in [-0.4, -0.2) is 31.9 Å². The molecule has 14 heavy (non-hydrogen) atoms. The number of ether oxygens (including phenoxy) is 2. The van der Waals surface area contributed by atoms with Gasteiger partial charge in [0, 0.05) is 6.42 Å². The van der Waals surface area contributed by atoms with Crippen LogP contribution in [-0.2, 0) is 23.9 Å². The molecule has 1 unspecified atom stereocenters. The number of ketones is 1. The zero-order valence-corrected chi connectivity index (χ0v) is 8.53. The largest absolute Gasteiger partial charge is 0.469 e. The van der Waals surface area contributed by atoms with Crippen molar-refractivity contribution in [3.63, 3.8) is 0 Å². The van der Waals surface area contributed by atoms with E-state index in [1.165, 1.54) is 21.1 Å². The predicted octanol–water partition coefficient (Wildman–Crippen LogP) is 0.318. The van der Waals surface area contributed by atoms with Crippen molar-refractivity contribution >= 4 is 17.7 Å². The molecule has 0 N–H and O–H groups in total. The molecule has 0 aliphatic rings. The molecule has 0 aliphatic heterocycles. The summed E-state index contributed by atoms with van der Waals surface area (Å²) < 4.78 is 8.86. The zero-order valence-electron chi connectivity index (χ0n) is 8.53. The smallest absolute Gasteiger partial charge is 0.309 e. The van der Waals surface area contributed by atoms with Gasteiger partial charge in [0.25, 0.3) is 0 Å². The van der Waals surface area contributed by atoms with Crippen molar-refractivity contribution in [2.45, 2.75) is 19.8 Å². The molecule has 5 heteroatoms. The fourth-order valence-electron chi connectivity index (χ4n) is 1.04. The second-order valence-corrected chi connectivity index (χ2v) is 2.91. The van der Waals surface area contributed by atoms with Crippen LogP contribution in [0.5, 0.6) is 0 Å². The number of rotatable bonds is 5. The van der Waals surface area contributed by atoms with Crippen LogP contribution in [0, 0.1) is 5.92 Å². The van der Waals surface area contributed by atoms with Crippen LogP contribution in [0.2, 0.25) is 0 Å². The van der Waals surface area contributed by atoms with Crippen LogP contribution in [0.3, 0.4) is 0 Å². The summed E-state index contributed by atoms with van der Waals surface area (Å²) in [7, 11) is 2.44. The molecule has 0 rings (SSSR count). The molecule has 0 aliphatic carbocycles. The van der Waals surface area contributed by atoms with Crippen molar-refractivity contribution in [1.29, 1.82) is 0 Å². The fourth-order valence-corrected chi connectivity index (χ4v) is 1.04. The Morgan fingerprint density at radius 1 is 1.07 bits per heavy atom. The molecule has 0 spiro atoms. The van der Waals surface area contributed by atoms with Crippen LogP contribution in [0.15, 0.2) is 0 Å². The standard InChI is InChI=1S/C9H14O5/c1-6(10)4-7(9(12)14-3)5-8(11)13-2/h7H,4-5H2,1-3H3. The minimum Gasteiger partial charge on any atom is -0.469 e. The molecule has 0 amide bonds. The predicted molar refractivity (Wildman–Crippen MR) is 47.4 cm³/mol. The van der Waals surface area contributed by atoms with E-state index in [9.17, 15) is 14.4 Å². The maximum Gasteiger partial charge on any atom is 0.309 e. The van der Waals surface area contributed by atoms with Gasteiger partial charge in [-0.25, -0.2) is 0 Å². The van der Waals surface area contributed by atoms with E-state index in [0.29, 0.717) is 0 Å². The Kier molecular flexibility index (Phi) is 5.52. The van der Waals surface area contributed by atoms with Crippen LogP contribution >= 0.6 is 0 Å². The molecule has 0 heterocycles. The van der Waals surface area contributed by atoms with Gasteiger partial charge in [0.1, 0.15) is 5.78 Å². The summed E-state index contributed by atoms with van der Waals surface area (Å²) in [6.45, 7) is 1.35. The number of methoxy groups -OCH3 is 2. The topological polar surface area (TPSA) is 69.7 Å². The quantitative estimate of drug-likeness (QED) is 0.600. The van der Waals surface area contributed by atoms with Gasteiger partial charge in [0.2, 0.25) is 0 Å². The van der Waals surface area contributed by atoms with Crippen molar-refractivity contribution < 1.29 is 23.9 Å². The number of hydrogen-bond donors (Lipinski definition) is 0. The summed E-state index contributed by atoms with van der Waals surface area (Å²) in [6, 6.07) is 0.